The molecule has 0 aliphatic heterocycles. The topological polar surface area (TPSA) is 55.2 Å². The van der Waals surface area contributed by atoms with Crippen LogP contribution < -0.4 is 4.74 Å². The standard InChI is InChI=1S/C15H18N2O2/c1-2-3-4-9-19-14-10-16-15(17-11-14)12-5-7-13(18)8-6-12/h5-8,10-11,18H,2-4,9H2,1H3. The lowest BCUT2D eigenvalue weighted by atomic mass is 10.2. The van der Waals surface area contributed by atoms with Crippen molar-refractivity contribution in [2.75, 3.05) is 6.61 Å². The van der Waals surface area contributed by atoms with Gasteiger partial charge < -0.3 is 9.84 Å². The summed E-state index contributed by atoms with van der Waals surface area (Å²) in [5, 5.41) is 9.23. The SMILES string of the molecule is CCCCCOc1cnc(-c2ccc(O)cc2)nc1. The molecule has 0 unspecified atom stereocenters. The lowest BCUT2D eigenvalue weighted by Gasteiger charge is -2.05. The van der Waals surface area contributed by atoms with E-state index in [-0.39, 0.29) is 5.75 Å². The number of nitrogens with zero attached hydrogens (tertiary/aromatic N) is 2. The Hall–Kier alpha value is -2.10. The van der Waals surface area contributed by atoms with Crippen LogP contribution >= 0.6 is 0 Å². The zero-order valence-corrected chi connectivity index (χ0v) is 11.0. The molecule has 0 saturated heterocycles. The van der Waals surface area contributed by atoms with Gasteiger partial charge in [0.15, 0.2) is 11.6 Å². The molecule has 4 nitrogen and oxygen atoms in total. The van der Waals surface area contributed by atoms with Gasteiger partial charge in [0.05, 0.1) is 19.0 Å². The van der Waals surface area contributed by atoms with Gasteiger partial charge >= 0.3 is 0 Å². The molecule has 0 saturated carbocycles. The van der Waals surface area contributed by atoms with Gasteiger partial charge in [-0.2, -0.15) is 0 Å². The van der Waals surface area contributed by atoms with Crippen LogP contribution in [0.1, 0.15) is 26.2 Å². The first-order chi connectivity index (χ1) is 9.29. The quantitative estimate of drug-likeness (QED) is 0.807. The molecule has 0 atom stereocenters. The summed E-state index contributed by atoms with van der Waals surface area (Å²) < 4.78 is 5.55. The number of phenols is 1. The van der Waals surface area contributed by atoms with Crippen LogP contribution in [-0.4, -0.2) is 21.7 Å². The molecule has 2 aromatic rings. The minimum absolute atomic E-state index is 0.236. The van der Waals surface area contributed by atoms with E-state index in [0.717, 1.165) is 12.0 Å². The van der Waals surface area contributed by atoms with Crippen molar-refractivity contribution in [3.63, 3.8) is 0 Å². The molecule has 1 heterocycles. The Bertz CT molecular complexity index is 495. The van der Waals surface area contributed by atoms with Crippen LogP contribution in [0.3, 0.4) is 0 Å². The van der Waals surface area contributed by atoms with Crippen LogP contribution in [0.5, 0.6) is 11.5 Å². The highest BCUT2D eigenvalue weighted by molar-refractivity contribution is 5.55. The molecule has 1 aromatic carbocycles. The van der Waals surface area contributed by atoms with E-state index < -0.39 is 0 Å². The van der Waals surface area contributed by atoms with E-state index >= 15 is 0 Å². The number of benzene rings is 1. The third kappa shape index (κ3) is 3.95. The molecule has 0 bridgehead atoms. The zero-order chi connectivity index (χ0) is 13.5. The fourth-order valence-corrected chi connectivity index (χ4v) is 1.69. The van der Waals surface area contributed by atoms with E-state index in [1.54, 1.807) is 36.7 Å². The normalized spacial score (nSPS) is 10.4. The van der Waals surface area contributed by atoms with Crippen molar-refractivity contribution < 1.29 is 9.84 Å². The third-order valence-electron chi connectivity index (χ3n) is 2.77. The predicted molar refractivity (Wildman–Crippen MR) is 74.2 cm³/mol. The van der Waals surface area contributed by atoms with Crippen molar-refractivity contribution in [3.8, 4) is 22.9 Å². The highest BCUT2D eigenvalue weighted by Crippen LogP contribution is 2.19. The van der Waals surface area contributed by atoms with E-state index in [1.807, 2.05) is 0 Å². The minimum atomic E-state index is 0.236. The smallest absolute Gasteiger partial charge is 0.159 e. The lowest BCUT2D eigenvalue weighted by Crippen LogP contribution is -1.98. The summed E-state index contributed by atoms with van der Waals surface area (Å²) in [7, 11) is 0. The van der Waals surface area contributed by atoms with Crippen molar-refractivity contribution in [3.05, 3.63) is 36.7 Å². The molecule has 0 aliphatic rings. The molecule has 1 N–H and O–H groups in total. The Kier molecular flexibility index (Phi) is 4.72. The van der Waals surface area contributed by atoms with Crippen LogP contribution in [0, 0.1) is 0 Å². The highest BCUT2D eigenvalue weighted by Gasteiger charge is 2.02. The van der Waals surface area contributed by atoms with Crippen LogP contribution in [0.15, 0.2) is 36.7 Å². The number of hydrogen-bond acceptors (Lipinski definition) is 4. The summed E-state index contributed by atoms with van der Waals surface area (Å²) in [6.45, 7) is 2.87. The highest BCUT2D eigenvalue weighted by atomic mass is 16.5. The lowest BCUT2D eigenvalue weighted by molar-refractivity contribution is 0.304. The number of unbranched alkanes of at least 4 members (excludes halogenated alkanes) is 2. The maximum atomic E-state index is 9.23. The molecule has 0 amide bonds. The Morgan fingerprint density at radius 2 is 1.74 bits per heavy atom. The summed E-state index contributed by atoms with van der Waals surface area (Å²) in [5.74, 6) is 1.55. The van der Waals surface area contributed by atoms with Gasteiger partial charge in [-0.15, -0.1) is 0 Å². The Morgan fingerprint density at radius 3 is 2.37 bits per heavy atom. The Balaban J connectivity index is 1.96. The fraction of sp³-hybridized carbons (Fsp3) is 0.333. The molecule has 1 aromatic heterocycles. The van der Waals surface area contributed by atoms with Crippen LogP contribution in [0.4, 0.5) is 0 Å². The molecule has 100 valence electrons. The van der Waals surface area contributed by atoms with Crippen molar-refractivity contribution in [1.29, 1.82) is 0 Å². The van der Waals surface area contributed by atoms with Gasteiger partial charge in [-0.1, -0.05) is 19.8 Å². The first-order valence-electron chi connectivity index (χ1n) is 6.54. The molecule has 2 rings (SSSR count). The maximum Gasteiger partial charge on any atom is 0.159 e. The molecule has 0 spiro atoms. The van der Waals surface area contributed by atoms with Crippen LogP contribution in [-0.2, 0) is 0 Å². The number of ether oxygens (including phenoxy) is 1. The van der Waals surface area contributed by atoms with Crippen LogP contribution in [0.25, 0.3) is 11.4 Å². The van der Waals surface area contributed by atoms with Gasteiger partial charge in [0.1, 0.15) is 5.75 Å². The minimum Gasteiger partial charge on any atom is -0.508 e. The molecule has 19 heavy (non-hydrogen) atoms. The van der Waals surface area contributed by atoms with Gasteiger partial charge in [-0.25, -0.2) is 9.97 Å². The van der Waals surface area contributed by atoms with Gasteiger partial charge in [0, 0.05) is 5.56 Å². The van der Waals surface area contributed by atoms with Crippen molar-refractivity contribution in [2.24, 2.45) is 0 Å². The average molecular weight is 258 g/mol. The van der Waals surface area contributed by atoms with E-state index in [1.165, 1.54) is 12.8 Å². The monoisotopic (exact) mass is 258 g/mol. The molecule has 0 aliphatic carbocycles. The van der Waals surface area contributed by atoms with Crippen LogP contribution in [0.2, 0.25) is 0 Å². The van der Waals surface area contributed by atoms with Gasteiger partial charge in [0.2, 0.25) is 0 Å². The third-order valence-corrected chi connectivity index (χ3v) is 2.77. The number of hydrogen-bond donors (Lipinski definition) is 1. The number of aromatic nitrogens is 2. The summed E-state index contributed by atoms with van der Waals surface area (Å²) in [6, 6.07) is 6.81. The second-order valence-corrected chi connectivity index (χ2v) is 4.34. The maximum absolute atomic E-state index is 9.23. The largest absolute Gasteiger partial charge is 0.508 e. The summed E-state index contributed by atoms with van der Waals surface area (Å²) in [5.41, 5.74) is 0.871. The molecule has 0 fully saturated rings. The average Bonchev–Trinajstić information content (AvgIpc) is 2.45. The second-order valence-electron chi connectivity index (χ2n) is 4.34. The zero-order valence-electron chi connectivity index (χ0n) is 11.0. The van der Waals surface area contributed by atoms with Gasteiger partial charge in [0.25, 0.3) is 0 Å². The van der Waals surface area contributed by atoms with Crippen molar-refractivity contribution in [2.45, 2.75) is 26.2 Å². The van der Waals surface area contributed by atoms with Crippen molar-refractivity contribution >= 4 is 0 Å². The van der Waals surface area contributed by atoms with Gasteiger partial charge in [-0.05, 0) is 30.7 Å². The van der Waals surface area contributed by atoms with E-state index in [2.05, 4.69) is 16.9 Å². The molecular formula is C15H18N2O2. The van der Waals surface area contributed by atoms with E-state index in [9.17, 15) is 5.11 Å². The van der Waals surface area contributed by atoms with Gasteiger partial charge in [-0.3, -0.25) is 0 Å². The molecule has 4 heteroatoms. The predicted octanol–water partition coefficient (Wildman–Crippen LogP) is 3.42. The molecule has 0 radical (unpaired) electrons. The number of aromatic hydroxyl groups is 1. The Labute approximate surface area is 113 Å². The van der Waals surface area contributed by atoms with Crippen molar-refractivity contribution in [1.82, 2.24) is 9.97 Å². The number of rotatable bonds is 6. The summed E-state index contributed by atoms with van der Waals surface area (Å²) in [4.78, 5) is 8.52. The summed E-state index contributed by atoms with van der Waals surface area (Å²) >= 11 is 0. The first-order valence-corrected chi connectivity index (χ1v) is 6.54. The van der Waals surface area contributed by atoms with E-state index in [0.29, 0.717) is 18.2 Å². The first kappa shape index (κ1) is 13.3. The second kappa shape index (κ2) is 6.73. The Morgan fingerprint density at radius 1 is 1.05 bits per heavy atom. The fourth-order valence-electron chi connectivity index (χ4n) is 1.69. The summed E-state index contributed by atoms with van der Waals surface area (Å²) in [6.07, 6.45) is 6.77. The molecular weight excluding hydrogens is 240 g/mol. The van der Waals surface area contributed by atoms with E-state index in [4.69, 9.17) is 4.74 Å². The number of phenolic OH excluding ortho intramolecular Hbond substituents is 1.